The van der Waals surface area contributed by atoms with Crippen LogP contribution in [-0.4, -0.2) is 25.1 Å². The molecular formula is C16H24IN3O. The van der Waals surface area contributed by atoms with E-state index in [1.54, 1.807) is 6.26 Å². The van der Waals surface area contributed by atoms with Gasteiger partial charge < -0.3 is 15.1 Å². The van der Waals surface area contributed by atoms with E-state index in [9.17, 15) is 0 Å². The first-order chi connectivity index (χ1) is 9.88. The van der Waals surface area contributed by atoms with Gasteiger partial charge in [-0.2, -0.15) is 0 Å². The van der Waals surface area contributed by atoms with Gasteiger partial charge in [0.15, 0.2) is 5.96 Å². The third-order valence-electron chi connectivity index (χ3n) is 3.51. The van der Waals surface area contributed by atoms with Crippen molar-refractivity contribution in [2.24, 2.45) is 4.99 Å². The number of halogens is 1. The van der Waals surface area contributed by atoms with Gasteiger partial charge in [0.2, 0.25) is 0 Å². The quantitative estimate of drug-likeness (QED) is 0.345. The molecule has 1 heterocycles. The molecule has 0 amide bonds. The van der Waals surface area contributed by atoms with Crippen LogP contribution in [0.4, 0.5) is 0 Å². The van der Waals surface area contributed by atoms with Crippen LogP contribution in [0.25, 0.3) is 0 Å². The Morgan fingerprint density at radius 3 is 2.86 bits per heavy atom. The Morgan fingerprint density at radius 1 is 1.38 bits per heavy atom. The van der Waals surface area contributed by atoms with Crippen LogP contribution in [0.5, 0.6) is 0 Å². The summed E-state index contributed by atoms with van der Waals surface area (Å²) >= 11 is 0. The van der Waals surface area contributed by atoms with E-state index in [0.29, 0.717) is 19.1 Å². The van der Waals surface area contributed by atoms with Crippen LogP contribution in [0.15, 0.2) is 27.8 Å². The number of furan rings is 1. The molecule has 0 radical (unpaired) electrons. The number of hydrogen-bond acceptors (Lipinski definition) is 2. The molecule has 0 atom stereocenters. The largest absolute Gasteiger partial charge is 0.469 e. The van der Waals surface area contributed by atoms with E-state index in [0.717, 1.165) is 18.1 Å². The van der Waals surface area contributed by atoms with Crippen molar-refractivity contribution in [3.8, 4) is 12.3 Å². The lowest BCUT2D eigenvalue weighted by atomic mass is 9.96. The minimum Gasteiger partial charge on any atom is -0.469 e. The molecule has 4 nitrogen and oxygen atoms in total. The highest BCUT2D eigenvalue weighted by Crippen LogP contribution is 2.17. The maximum Gasteiger partial charge on any atom is 0.192 e. The Bertz CT molecular complexity index is 445. The lowest BCUT2D eigenvalue weighted by Gasteiger charge is -2.24. The average Bonchev–Trinajstić information content (AvgIpc) is 2.99. The fraction of sp³-hybridized carbons (Fsp3) is 0.562. The van der Waals surface area contributed by atoms with Gasteiger partial charge in [0.25, 0.3) is 0 Å². The smallest absolute Gasteiger partial charge is 0.192 e. The van der Waals surface area contributed by atoms with Crippen molar-refractivity contribution in [3.63, 3.8) is 0 Å². The Labute approximate surface area is 144 Å². The molecule has 5 heteroatoms. The predicted octanol–water partition coefficient (Wildman–Crippen LogP) is 2.94. The summed E-state index contributed by atoms with van der Waals surface area (Å²) in [5, 5.41) is 6.65. The first-order valence-electron chi connectivity index (χ1n) is 7.39. The van der Waals surface area contributed by atoms with E-state index in [4.69, 9.17) is 10.8 Å². The second-order valence-electron chi connectivity index (χ2n) is 5.10. The molecule has 0 unspecified atom stereocenters. The van der Waals surface area contributed by atoms with E-state index in [-0.39, 0.29) is 24.0 Å². The van der Waals surface area contributed by atoms with Crippen LogP contribution >= 0.6 is 24.0 Å². The fourth-order valence-corrected chi connectivity index (χ4v) is 2.46. The summed E-state index contributed by atoms with van der Waals surface area (Å²) in [6, 6.07) is 4.39. The van der Waals surface area contributed by atoms with Crippen molar-refractivity contribution < 1.29 is 4.42 Å². The molecule has 0 bridgehead atoms. The van der Waals surface area contributed by atoms with Crippen molar-refractivity contribution >= 4 is 29.9 Å². The number of aliphatic imine (C=N–C) groups is 1. The summed E-state index contributed by atoms with van der Waals surface area (Å²) in [6.45, 7) is 1.19. The van der Waals surface area contributed by atoms with Crippen LogP contribution in [0.3, 0.4) is 0 Å². The van der Waals surface area contributed by atoms with Gasteiger partial charge in [-0.1, -0.05) is 25.2 Å². The van der Waals surface area contributed by atoms with E-state index < -0.39 is 0 Å². The summed E-state index contributed by atoms with van der Waals surface area (Å²) in [4.78, 5) is 4.57. The average molecular weight is 401 g/mol. The zero-order valence-electron chi connectivity index (χ0n) is 12.3. The van der Waals surface area contributed by atoms with E-state index in [1.807, 2.05) is 12.1 Å². The molecule has 0 spiro atoms. The van der Waals surface area contributed by atoms with Gasteiger partial charge in [0.05, 0.1) is 12.8 Å². The molecule has 1 aromatic rings. The Morgan fingerprint density at radius 2 is 2.19 bits per heavy atom. The highest BCUT2D eigenvalue weighted by molar-refractivity contribution is 14.0. The minimum atomic E-state index is 0. The first kappa shape index (κ1) is 17.9. The van der Waals surface area contributed by atoms with Gasteiger partial charge >= 0.3 is 0 Å². The highest BCUT2D eigenvalue weighted by atomic mass is 127. The van der Waals surface area contributed by atoms with Crippen LogP contribution in [-0.2, 0) is 6.42 Å². The predicted molar refractivity (Wildman–Crippen MR) is 97.0 cm³/mol. The van der Waals surface area contributed by atoms with Gasteiger partial charge in [0, 0.05) is 19.0 Å². The van der Waals surface area contributed by atoms with Crippen molar-refractivity contribution in [1.82, 2.24) is 10.6 Å². The lowest BCUT2D eigenvalue weighted by Crippen LogP contribution is -2.44. The minimum absolute atomic E-state index is 0. The third kappa shape index (κ3) is 6.89. The number of hydrogen-bond donors (Lipinski definition) is 2. The molecule has 0 aromatic carbocycles. The molecule has 21 heavy (non-hydrogen) atoms. The standard InChI is InChI=1S/C16H23N3O.HI/c1-2-11-17-16(19-14-7-4-3-5-8-14)18-12-10-15-9-6-13-20-15;/h1,6,9,13-14H,3-5,7-8,10-12H2,(H2,17,18,19);1H. The first-order valence-corrected chi connectivity index (χ1v) is 7.39. The van der Waals surface area contributed by atoms with Crippen LogP contribution in [0.2, 0.25) is 0 Å². The topological polar surface area (TPSA) is 49.6 Å². The molecule has 1 saturated carbocycles. The Balaban J connectivity index is 0.00000220. The van der Waals surface area contributed by atoms with Crippen molar-refractivity contribution in [2.75, 3.05) is 13.1 Å². The Kier molecular flexibility index (Phi) is 8.99. The summed E-state index contributed by atoms with van der Waals surface area (Å²) in [5.74, 6) is 4.37. The summed E-state index contributed by atoms with van der Waals surface area (Å²) in [6.07, 6.45) is 14.2. The molecule has 0 saturated heterocycles. The van der Waals surface area contributed by atoms with E-state index >= 15 is 0 Å². The van der Waals surface area contributed by atoms with Gasteiger partial charge in [-0.05, 0) is 25.0 Å². The van der Waals surface area contributed by atoms with Gasteiger partial charge in [-0.25, -0.2) is 0 Å². The van der Waals surface area contributed by atoms with E-state index in [2.05, 4.69) is 21.5 Å². The van der Waals surface area contributed by atoms with Crippen LogP contribution in [0, 0.1) is 12.3 Å². The monoisotopic (exact) mass is 401 g/mol. The van der Waals surface area contributed by atoms with Gasteiger partial charge in [0.1, 0.15) is 5.76 Å². The van der Waals surface area contributed by atoms with Crippen molar-refractivity contribution in [3.05, 3.63) is 24.2 Å². The second kappa shape index (κ2) is 10.6. The molecule has 1 aliphatic carbocycles. The van der Waals surface area contributed by atoms with Crippen molar-refractivity contribution in [2.45, 2.75) is 44.6 Å². The molecular weight excluding hydrogens is 377 g/mol. The second-order valence-corrected chi connectivity index (χ2v) is 5.10. The molecule has 1 aromatic heterocycles. The highest BCUT2D eigenvalue weighted by Gasteiger charge is 2.14. The molecule has 116 valence electrons. The zero-order chi connectivity index (χ0) is 14.0. The molecule has 2 N–H and O–H groups in total. The molecule has 2 rings (SSSR count). The maximum atomic E-state index is 5.31. The van der Waals surface area contributed by atoms with Gasteiger partial charge in [-0.3, -0.25) is 4.99 Å². The Hall–Kier alpha value is -1.16. The number of rotatable bonds is 5. The molecule has 1 fully saturated rings. The SMILES string of the molecule is C#CCNC(=NCCc1ccco1)NC1CCCCC1.I. The normalized spacial score (nSPS) is 15.9. The summed E-state index contributed by atoms with van der Waals surface area (Å²) in [5.41, 5.74) is 0. The van der Waals surface area contributed by atoms with E-state index in [1.165, 1.54) is 32.1 Å². The third-order valence-corrected chi connectivity index (χ3v) is 3.51. The molecule has 0 aliphatic heterocycles. The van der Waals surface area contributed by atoms with Crippen LogP contribution < -0.4 is 10.6 Å². The maximum absolute atomic E-state index is 5.31. The number of nitrogens with zero attached hydrogens (tertiary/aromatic N) is 1. The fourth-order valence-electron chi connectivity index (χ4n) is 2.46. The number of nitrogens with one attached hydrogen (secondary N) is 2. The van der Waals surface area contributed by atoms with Crippen molar-refractivity contribution in [1.29, 1.82) is 0 Å². The molecule has 1 aliphatic rings. The summed E-state index contributed by atoms with van der Waals surface area (Å²) < 4.78 is 5.30. The van der Waals surface area contributed by atoms with Crippen LogP contribution in [0.1, 0.15) is 37.9 Å². The number of terminal acetylenes is 1. The number of guanidine groups is 1. The lowest BCUT2D eigenvalue weighted by molar-refractivity contribution is 0.410. The zero-order valence-corrected chi connectivity index (χ0v) is 14.6. The summed E-state index contributed by atoms with van der Waals surface area (Å²) in [7, 11) is 0. The van der Waals surface area contributed by atoms with Gasteiger partial charge in [-0.15, -0.1) is 30.4 Å².